The fourth-order valence-electron chi connectivity index (χ4n) is 0.946. The average molecular weight is 202 g/mol. The van der Waals surface area contributed by atoms with Crippen molar-refractivity contribution in [2.45, 2.75) is 26.7 Å². The van der Waals surface area contributed by atoms with Crippen molar-refractivity contribution in [1.29, 1.82) is 0 Å². The quantitative estimate of drug-likeness (QED) is 0.522. The molecule has 0 saturated heterocycles. The third kappa shape index (κ3) is 2.61. The molecule has 0 aromatic heterocycles. The molecular formula is C7H14CaO4. The molecule has 0 bridgehead atoms. The van der Waals surface area contributed by atoms with E-state index in [4.69, 9.17) is 10.2 Å². The molecule has 5 heteroatoms. The number of hydrogen-bond donors (Lipinski definition) is 2. The van der Waals surface area contributed by atoms with Crippen LogP contribution in [0.5, 0.6) is 0 Å². The molecule has 0 aromatic carbocycles. The van der Waals surface area contributed by atoms with E-state index in [0.717, 1.165) is 0 Å². The van der Waals surface area contributed by atoms with Gasteiger partial charge in [-0.25, -0.2) is 0 Å². The fraction of sp³-hybridized carbons (Fsp3) is 0.714. The van der Waals surface area contributed by atoms with E-state index in [0.29, 0.717) is 0 Å². The molecule has 0 heterocycles. The zero-order valence-corrected chi connectivity index (χ0v) is 9.54. The van der Waals surface area contributed by atoms with Gasteiger partial charge in [-0.3, -0.25) is 9.59 Å². The largest absolute Gasteiger partial charge is 2.00 e. The molecule has 68 valence electrons. The zero-order valence-electron chi connectivity index (χ0n) is 9.33. The van der Waals surface area contributed by atoms with Crippen LogP contribution in [0.2, 0.25) is 0 Å². The zero-order chi connectivity index (χ0) is 9.07. The Morgan fingerprint density at radius 2 is 1.42 bits per heavy atom. The van der Waals surface area contributed by atoms with Crippen LogP contribution in [0, 0.1) is 5.41 Å². The van der Waals surface area contributed by atoms with Gasteiger partial charge < -0.3 is 13.1 Å². The number of carbonyl (C=O) groups is 2. The minimum atomic E-state index is -1.58. The van der Waals surface area contributed by atoms with Gasteiger partial charge in [0.25, 0.3) is 0 Å². The van der Waals surface area contributed by atoms with Gasteiger partial charge in [0.05, 0.1) is 0 Å². The maximum Gasteiger partial charge on any atom is 2.00 e. The Balaban J connectivity index is -0.000000167. The summed E-state index contributed by atoms with van der Waals surface area (Å²) in [5.74, 6) is -2.51. The summed E-state index contributed by atoms with van der Waals surface area (Å²) >= 11 is 0. The summed E-state index contributed by atoms with van der Waals surface area (Å²) in [7, 11) is 0. The van der Waals surface area contributed by atoms with Gasteiger partial charge in [0, 0.05) is 0 Å². The van der Waals surface area contributed by atoms with E-state index < -0.39 is 17.4 Å². The van der Waals surface area contributed by atoms with Crippen molar-refractivity contribution in [3.05, 3.63) is 0 Å². The third-order valence-electron chi connectivity index (χ3n) is 2.03. The first-order valence-electron chi connectivity index (χ1n) is 3.48. The summed E-state index contributed by atoms with van der Waals surface area (Å²) in [6, 6.07) is 0. The first kappa shape index (κ1) is 14.7. The SMILES string of the molecule is CCC(CC)(C(=O)O)C(=O)O.[Ca+2].[H-].[H-]. The Morgan fingerprint density at radius 1 is 1.17 bits per heavy atom. The number of aliphatic carboxylic acids is 2. The molecule has 4 nitrogen and oxygen atoms in total. The molecule has 0 saturated carbocycles. The van der Waals surface area contributed by atoms with Crippen LogP contribution in [0.3, 0.4) is 0 Å². The molecule has 0 spiro atoms. The van der Waals surface area contributed by atoms with Crippen LogP contribution in [-0.4, -0.2) is 59.9 Å². The van der Waals surface area contributed by atoms with Crippen molar-refractivity contribution < 1.29 is 22.7 Å². The predicted molar refractivity (Wildman–Crippen MR) is 46.3 cm³/mol. The van der Waals surface area contributed by atoms with E-state index in [2.05, 4.69) is 0 Å². The van der Waals surface area contributed by atoms with Crippen molar-refractivity contribution >= 4 is 49.7 Å². The van der Waals surface area contributed by atoms with Crippen LogP contribution in [0.25, 0.3) is 0 Å². The predicted octanol–water partition coefficient (Wildman–Crippen LogP) is 0.806. The maximum absolute atomic E-state index is 10.5. The summed E-state index contributed by atoms with van der Waals surface area (Å²) < 4.78 is 0. The number of rotatable bonds is 4. The van der Waals surface area contributed by atoms with Gasteiger partial charge in [-0.05, 0) is 12.8 Å². The molecule has 2 N–H and O–H groups in total. The summed E-state index contributed by atoms with van der Waals surface area (Å²) in [6.07, 6.45) is 0.238. The standard InChI is InChI=1S/C7H12O4.Ca.2H/c1-3-7(4-2,5(8)9)6(10)11;;;/h3-4H2,1-2H3,(H,8,9)(H,10,11);;;/q;+2;2*-1. The van der Waals surface area contributed by atoms with Crippen LogP contribution in [0.4, 0.5) is 0 Å². The third-order valence-corrected chi connectivity index (χ3v) is 2.03. The molecule has 0 fully saturated rings. The molecule has 12 heavy (non-hydrogen) atoms. The van der Waals surface area contributed by atoms with Gasteiger partial charge in [0.2, 0.25) is 0 Å². The molecule has 0 aliphatic heterocycles. The van der Waals surface area contributed by atoms with Gasteiger partial charge in [0.15, 0.2) is 5.41 Å². The van der Waals surface area contributed by atoms with E-state index in [1.165, 1.54) is 0 Å². The normalized spacial score (nSPS) is 10.2. The van der Waals surface area contributed by atoms with Gasteiger partial charge in [-0.15, -0.1) is 0 Å². The summed E-state index contributed by atoms with van der Waals surface area (Å²) in [5.41, 5.74) is -1.58. The van der Waals surface area contributed by atoms with Crippen LogP contribution in [0.1, 0.15) is 29.5 Å². The van der Waals surface area contributed by atoms with E-state index in [1.807, 2.05) is 0 Å². The second-order valence-electron chi connectivity index (χ2n) is 2.40. The first-order chi connectivity index (χ1) is 5.01. The first-order valence-corrected chi connectivity index (χ1v) is 3.48. The molecule has 0 atom stereocenters. The van der Waals surface area contributed by atoms with Gasteiger partial charge in [-0.2, -0.15) is 0 Å². The average Bonchev–Trinajstić information content (AvgIpc) is 1.90. The van der Waals surface area contributed by atoms with Crippen molar-refractivity contribution in [3.63, 3.8) is 0 Å². The number of hydrogen-bond acceptors (Lipinski definition) is 2. The second-order valence-corrected chi connectivity index (χ2v) is 2.40. The Hall–Kier alpha value is 0.200. The number of carboxylic acid groups (broad SMARTS) is 2. The molecule has 0 aliphatic rings. The van der Waals surface area contributed by atoms with Crippen molar-refractivity contribution in [2.24, 2.45) is 5.41 Å². The molecule has 0 radical (unpaired) electrons. The molecular weight excluding hydrogens is 188 g/mol. The van der Waals surface area contributed by atoms with Crippen LogP contribution < -0.4 is 0 Å². The maximum atomic E-state index is 10.5. The minimum absolute atomic E-state index is 0. The van der Waals surface area contributed by atoms with Gasteiger partial charge in [-0.1, -0.05) is 13.8 Å². The molecule has 0 unspecified atom stereocenters. The van der Waals surface area contributed by atoms with Crippen LogP contribution >= 0.6 is 0 Å². The molecule has 0 rings (SSSR count). The Morgan fingerprint density at radius 3 is 1.42 bits per heavy atom. The summed E-state index contributed by atoms with van der Waals surface area (Å²) in [4.78, 5) is 21.1. The van der Waals surface area contributed by atoms with Crippen LogP contribution in [-0.2, 0) is 9.59 Å². The van der Waals surface area contributed by atoms with E-state index >= 15 is 0 Å². The van der Waals surface area contributed by atoms with Gasteiger partial charge >= 0.3 is 49.7 Å². The minimum Gasteiger partial charge on any atom is -1.00 e. The van der Waals surface area contributed by atoms with E-state index in [9.17, 15) is 9.59 Å². The van der Waals surface area contributed by atoms with E-state index in [1.54, 1.807) is 13.8 Å². The Bertz CT molecular complexity index is 167. The van der Waals surface area contributed by atoms with E-state index in [-0.39, 0.29) is 53.4 Å². The summed E-state index contributed by atoms with van der Waals surface area (Å²) in [6.45, 7) is 3.12. The summed E-state index contributed by atoms with van der Waals surface area (Å²) in [5, 5.41) is 17.2. The molecule has 0 aromatic rings. The van der Waals surface area contributed by atoms with Crippen molar-refractivity contribution in [2.75, 3.05) is 0 Å². The fourth-order valence-corrected chi connectivity index (χ4v) is 0.946. The molecule has 0 amide bonds. The second kappa shape index (κ2) is 5.78. The monoisotopic (exact) mass is 202 g/mol. The smallest absolute Gasteiger partial charge is 1.00 e. The van der Waals surface area contributed by atoms with Crippen LogP contribution in [0.15, 0.2) is 0 Å². The van der Waals surface area contributed by atoms with Gasteiger partial charge in [0.1, 0.15) is 0 Å². The van der Waals surface area contributed by atoms with Crippen molar-refractivity contribution in [3.8, 4) is 0 Å². The molecule has 0 aliphatic carbocycles. The Kier molecular flexibility index (Phi) is 7.08. The topological polar surface area (TPSA) is 74.6 Å². The van der Waals surface area contributed by atoms with Crippen molar-refractivity contribution in [1.82, 2.24) is 0 Å². The Labute approximate surface area is 104 Å². The number of carboxylic acids is 2.